The Labute approximate surface area is 118 Å². The van der Waals surface area contributed by atoms with E-state index < -0.39 is 5.95 Å². The summed E-state index contributed by atoms with van der Waals surface area (Å²) < 4.78 is 12.9. The van der Waals surface area contributed by atoms with Crippen molar-refractivity contribution in [1.82, 2.24) is 4.98 Å². The highest BCUT2D eigenvalue weighted by Crippen LogP contribution is 2.28. The number of nitriles is 1. The van der Waals surface area contributed by atoms with E-state index in [1.165, 1.54) is 23.9 Å². The third-order valence-corrected chi connectivity index (χ3v) is 3.65. The Morgan fingerprint density at radius 1 is 1.40 bits per heavy atom. The minimum Gasteiger partial charge on any atom is -0.294 e. The second kappa shape index (κ2) is 6.95. The number of pyridine rings is 1. The molecule has 1 aromatic heterocycles. The number of carbonyl (C=O) groups is 1. The lowest BCUT2D eigenvalue weighted by Gasteiger charge is -2.15. The van der Waals surface area contributed by atoms with Crippen LogP contribution in [0.1, 0.15) is 55.3 Å². The monoisotopic (exact) mass is 272 g/mol. The number of hydrogen-bond donors (Lipinski definition) is 0. The van der Waals surface area contributed by atoms with Crippen LogP contribution in [0.3, 0.4) is 0 Å². The smallest absolute Gasteiger partial charge is 0.213 e. The fourth-order valence-corrected chi connectivity index (χ4v) is 2.56. The first kappa shape index (κ1) is 14.4. The number of rotatable bonds is 5. The summed E-state index contributed by atoms with van der Waals surface area (Å²) in [7, 11) is 0. The SMILES string of the molecule is N#CC1=C(CCCC(=O)c2ccnc(F)c2)CCCC1. The van der Waals surface area contributed by atoms with Gasteiger partial charge in [-0.3, -0.25) is 4.79 Å². The van der Waals surface area contributed by atoms with Crippen molar-refractivity contribution in [1.29, 1.82) is 5.26 Å². The van der Waals surface area contributed by atoms with Gasteiger partial charge in [-0.05, 0) is 44.6 Å². The van der Waals surface area contributed by atoms with Crippen LogP contribution in [0.25, 0.3) is 0 Å². The topological polar surface area (TPSA) is 53.8 Å². The molecule has 104 valence electrons. The Balaban J connectivity index is 1.88. The lowest BCUT2D eigenvalue weighted by Crippen LogP contribution is -2.03. The Morgan fingerprint density at radius 2 is 2.20 bits per heavy atom. The van der Waals surface area contributed by atoms with Crippen molar-refractivity contribution < 1.29 is 9.18 Å². The standard InChI is InChI=1S/C16H17FN2O/c17-16-10-13(8-9-19-16)15(20)7-3-6-12-4-1-2-5-14(12)11-18/h8-10H,1-7H2. The second-order valence-corrected chi connectivity index (χ2v) is 5.04. The first-order valence-electron chi connectivity index (χ1n) is 6.96. The fourth-order valence-electron chi connectivity index (χ4n) is 2.56. The lowest BCUT2D eigenvalue weighted by molar-refractivity contribution is 0.0979. The quantitative estimate of drug-likeness (QED) is 0.602. The van der Waals surface area contributed by atoms with E-state index in [-0.39, 0.29) is 5.78 Å². The predicted octanol–water partition coefficient (Wildman–Crippen LogP) is 3.97. The minimum atomic E-state index is -0.627. The molecule has 0 unspecified atom stereocenters. The number of hydrogen-bond acceptors (Lipinski definition) is 3. The summed E-state index contributed by atoms with van der Waals surface area (Å²) >= 11 is 0. The van der Waals surface area contributed by atoms with Crippen LogP contribution < -0.4 is 0 Å². The maximum Gasteiger partial charge on any atom is 0.213 e. The van der Waals surface area contributed by atoms with Gasteiger partial charge in [0.05, 0.1) is 6.07 Å². The zero-order chi connectivity index (χ0) is 14.4. The van der Waals surface area contributed by atoms with Crippen molar-refractivity contribution in [3.8, 4) is 6.07 Å². The molecule has 0 amide bonds. The number of Topliss-reactive ketones (excluding diaryl/α,β-unsaturated/α-hetero) is 1. The molecule has 3 nitrogen and oxygen atoms in total. The maximum atomic E-state index is 12.9. The molecule has 1 heterocycles. The van der Waals surface area contributed by atoms with E-state index in [1.54, 1.807) is 0 Å². The molecule has 1 aliphatic rings. The van der Waals surface area contributed by atoms with E-state index in [2.05, 4.69) is 11.1 Å². The van der Waals surface area contributed by atoms with Crippen molar-refractivity contribution >= 4 is 5.78 Å². The first-order chi connectivity index (χ1) is 9.70. The second-order valence-electron chi connectivity index (χ2n) is 5.04. The fraction of sp³-hybridized carbons (Fsp3) is 0.438. The molecule has 20 heavy (non-hydrogen) atoms. The van der Waals surface area contributed by atoms with Crippen LogP contribution >= 0.6 is 0 Å². The van der Waals surface area contributed by atoms with Crippen LogP contribution in [0, 0.1) is 17.3 Å². The number of halogens is 1. The Hall–Kier alpha value is -2.02. The number of allylic oxidation sites excluding steroid dienone is 2. The van der Waals surface area contributed by atoms with Gasteiger partial charge in [-0.15, -0.1) is 0 Å². The van der Waals surface area contributed by atoms with Crippen LogP contribution in [0.4, 0.5) is 4.39 Å². The van der Waals surface area contributed by atoms with E-state index in [0.29, 0.717) is 18.4 Å². The predicted molar refractivity (Wildman–Crippen MR) is 73.5 cm³/mol. The highest BCUT2D eigenvalue weighted by Gasteiger charge is 2.13. The molecule has 1 aromatic rings. The summed E-state index contributed by atoms with van der Waals surface area (Å²) in [5.41, 5.74) is 2.47. The van der Waals surface area contributed by atoms with Gasteiger partial charge in [0.15, 0.2) is 5.78 Å². The average molecular weight is 272 g/mol. The van der Waals surface area contributed by atoms with Gasteiger partial charge in [-0.1, -0.05) is 5.57 Å². The summed E-state index contributed by atoms with van der Waals surface area (Å²) in [6, 6.07) is 4.97. The minimum absolute atomic E-state index is 0.0683. The van der Waals surface area contributed by atoms with Crippen LogP contribution in [0.15, 0.2) is 29.5 Å². The molecule has 0 saturated heterocycles. The van der Waals surface area contributed by atoms with Gasteiger partial charge >= 0.3 is 0 Å². The molecule has 0 fully saturated rings. The summed E-state index contributed by atoms with van der Waals surface area (Å²) in [5, 5.41) is 9.06. The summed E-state index contributed by atoms with van der Waals surface area (Å²) in [6.45, 7) is 0. The largest absolute Gasteiger partial charge is 0.294 e. The van der Waals surface area contributed by atoms with Gasteiger partial charge < -0.3 is 0 Å². The van der Waals surface area contributed by atoms with Crippen molar-refractivity contribution in [2.45, 2.75) is 44.9 Å². The molecular weight excluding hydrogens is 255 g/mol. The van der Waals surface area contributed by atoms with E-state index in [0.717, 1.165) is 37.7 Å². The molecule has 0 saturated carbocycles. The summed E-state index contributed by atoms with van der Waals surface area (Å²) in [6.07, 6.45) is 7.25. The zero-order valence-corrected chi connectivity index (χ0v) is 11.4. The molecule has 0 aliphatic heterocycles. The molecule has 2 rings (SSSR count). The third-order valence-electron chi connectivity index (χ3n) is 3.65. The lowest BCUT2D eigenvalue weighted by atomic mass is 9.89. The van der Waals surface area contributed by atoms with Gasteiger partial charge in [-0.25, -0.2) is 4.98 Å². The molecule has 0 atom stereocenters. The molecular formula is C16H17FN2O. The van der Waals surface area contributed by atoms with E-state index in [9.17, 15) is 9.18 Å². The third kappa shape index (κ3) is 3.74. The molecule has 0 radical (unpaired) electrons. The molecule has 0 aromatic carbocycles. The van der Waals surface area contributed by atoms with Crippen LogP contribution in [-0.2, 0) is 0 Å². The number of carbonyl (C=O) groups excluding carboxylic acids is 1. The molecule has 1 aliphatic carbocycles. The van der Waals surface area contributed by atoms with Crippen molar-refractivity contribution in [3.63, 3.8) is 0 Å². The van der Waals surface area contributed by atoms with Crippen molar-refractivity contribution in [2.24, 2.45) is 0 Å². The van der Waals surface area contributed by atoms with E-state index >= 15 is 0 Å². The Bertz CT molecular complexity index is 572. The summed E-state index contributed by atoms with van der Waals surface area (Å²) in [5.74, 6) is -0.696. The normalized spacial score (nSPS) is 15.0. The Morgan fingerprint density at radius 3 is 2.95 bits per heavy atom. The highest BCUT2D eigenvalue weighted by atomic mass is 19.1. The van der Waals surface area contributed by atoms with Gasteiger partial charge in [0, 0.05) is 29.8 Å². The van der Waals surface area contributed by atoms with E-state index in [4.69, 9.17) is 5.26 Å². The van der Waals surface area contributed by atoms with Crippen LogP contribution in [0.5, 0.6) is 0 Å². The molecule has 4 heteroatoms. The number of nitrogens with zero attached hydrogens (tertiary/aromatic N) is 2. The molecule has 0 N–H and O–H groups in total. The van der Waals surface area contributed by atoms with E-state index in [1.807, 2.05) is 0 Å². The first-order valence-corrected chi connectivity index (χ1v) is 6.96. The van der Waals surface area contributed by atoms with Gasteiger partial charge in [0.1, 0.15) is 0 Å². The van der Waals surface area contributed by atoms with Crippen LogP contribution in [0.2, 0.25) is 0 Å². The van der Waals surface area contributed by atoms with Crippen LogP contribution in [-0.4, -0.2) is 10.8 Å². The zero-order valence-electron chi connectivity index (χ0n) is 11.4. The summed E-state index contributed by atoms with van der Waals surface area (Å²) in [4.78, 5) is 15.3. The maximum absolute atomic E-state index is 12.9. The van der Waals surface area contributed by atoms with Crippen molar-refractivity contribution in [2.75, 3.05) is 0 Å². The van der Waals surface area contributed by atoms with Gasteiger partial charge in [-0.2, -0.15) is 9.65 Å². The number of ketones is 1. The molecule has 0 bridgehead atoms. The Kier molecular flexibility index (Phi) is 5.00. The van der Waals surface area contributed by atoms with Gasteiger partial charge in [0.25, 0.3) is 0 Å². The molecule has 0 spiro atoms. The van der Waals surface area contributed by atoms with Gasteiger partial charge in [0.2, 0.25) is 5.95 Å². The van der Waals surface area contributed by atoms with Crippen molar-refractivity contribution in [3.05, 3.63) is 41.0 Å². The number of aromatic nitrogens is 1. The highest BCUT2D eigenvalue weighted by molar-refractivity contribution is 5.95. The average Bonchev–Trinajstić information content (AvgIpc) is 2.47.